The van der Waals surface area contributed by atoms with Crippen LogP contribution in [0.25, 0.3) is 0 Å². The lowest BCUT2D eigenvalue weighted by Gasteiger charge is -2.20. The van der Waals surface area contributed by atoms with Gasteiger partial charge in [-0.2, -0.15) is 0 Å². The van der Waals surface area contributed by atoms with Crippen molar-refractivity contribution in [1.82, 2.24) is 5.06 Å². The van der Waals surface area contributed by atoms with Gasteiger partial charge in [-0.15, -0.1) is 0 Å². The van der Waals surface area contributed by atoms with Crippen LogP contribution in [-0.4, -0.2) is 65.3 Å². The fourth-order valence-electron chi connectivity index (χ4n) is 2.91. The summed E-state index contributed by atoms with van der Waals surface area (Å²) in [5.74, 6) is -0.471. The van der Waals surface area contributed by atoms with Crippen LogP contribution in [0.1, 0.15) is 12.8 Å². The average molecular weight is 472 g/mol. The van der Waals surface area contributed by atoms with E-state index in [4.69, 9.17) is 9.47 Å². The van der Waals surface area contributed by atoms with Crippen LogP contribution in [0.5, 0.6) is 11.5 Å². The van der Waals surface area contributed by atoms with Crippen LogP contribution in [-0.2, 0) is 24.5 Å². The maximum atomic E-state index is 13.0. The van der Waals surface area contributed by atoms with E-state index in [1.54, 1.807) is 0 Å². The summed E-state index contributed by atoms with van der Waals surface area (Å²) in [5, 5.41) is 8.10. The third kappa shape index (κ3) is 5.96. The van der Waals surface area contributed by atoms with Crippen molar-refractivity contribution in [3.8, 4) is 11.5 Å². The first-order chi connectivity index (χ1) is 14.5. The highest BCUT2D eigenvalue weighted by atomic mass is 32.2. The summed E-state index contributed by atoms with van der Waals surface area (Å²) in [4.78, 5) is 12.3. The number of carbonyl (C=O) groups is 1. The number of amides is 1. The molecule has 0 saturated carbocycles. The highest BCUT2D eigenvalue weighted by Crippen LogP contribution is 2.24. The van der Waals surface area contributed by atoms with Gasteiger partial charge in [-0.25, -0.2) is 21.9 Å². The van der Waals surface area contributed by atoms with Crippen molar-refractivity contribution < 1.29 is 36.3 Å². The normalized spacial score (nSPS) is 12.8. The predicted octanol–water partition coefficient (Wildman–Crippen LogP) is 1.95. The molecule has 0 aromatic heterocycles. The van der Waals surface area contributed by atoms with E-state index in [1.807, 2.05) is 0 Å². The van der Waals surface area contributed by atoms with Gasteiger partial charge >= 0.3 is 0 Å². The Bertz CT molecular complexity index is 1090. The fourth-order valence-corrected chi connectivity index (χ4v) is 5.98. The van der Waals surface area contributed by atoms with Gasteiger partial charge < -0.3 is 9.47 Å². The molecule has 0 heterocycles. The second-order valence-corrected chi connectivity index (χ2v) is 10.9. The molecule has 2 aromatic carbocycles. The largest absolute Gasteiger partial charge is 0.497 e. The molecule has 0 spiro atoms. The molecule has 11 heteroatoms. The number of rotatable bonds is 10. The van der Waals surface area contributed by atoms with Crippen molar-refractivity contribution in [2.45, 2.75) is 27.9 Å². The minimum absolute atomic E-state index is 0.0634. The highest BCUT2D eigenvalue weighted by molar-refractivity contribution is 7.93. The van der Waals surface area contributed by atoms with E-state index in [-0.39, 0.29) is 33.4 Å². The van der Waals surface area contributed by atoms with Crippen LogP contribution < -0.4 is 9.47 Å². The molecule has 0 fully saturated rings. The zero-order valence-corrected chi connectivity index (χ0v) is 19.0. The quantitative estimate of drug-likeness (QED) is 0.411. The van der Waals surface area contributed by atoms with E-state index >= 15 is 0 Å². The van der Waals surface area contributed by atoms with Gasteiger partial charge in [0.15, 0.2) is 19.7 Å². The molecular formula is C20H25NO8S2. The molecule has 1 N–H and O–H groups in total. The predicted molar refractivity (Wildman–Crippen MR) is 113 cm³/mol. The molecule has 0 bridgehead atoms. The number of benzene rings is 2. The molecule has 1 unspecified atom stereocenters. The van der Waals surface area contributed by atoms with Crippen LogP contribution in [0, 0.1) is 0 Å². The van der Waals surface area contributed by atoms with E-state index in [9.17, 15) is 26.8 Å². The Morgan fingerprint density at radius 2 is 1.35 bits per heavy atom. The number of hydrogen-bond acceptors (Lipinski definition) is 8. The number of hydroxylamine groups is 2. The Morgan fingerprint density at radius 3 is 1.77 bits per heavy atom. The van der Waals surface area contributed by atoms with Crippen LogP contribution in [0.3, 0.4) is 0 Å². The molecule has 0 aliphatic heterocycles. The third-order valence-corrected chi connectivity index (χ3v) is 8.59. The number of nitrogens with zero attached hydrogens (tertiary/aromatic N) is 1. The Morgan fingerprint density at radius 1 is 0.903 bits per heavy atom. The van der Waals surface area contributed by atoms with Crippen LogP contribution in [0.4, 0.5) is 0 Å². The fraction of sp³-hybridized carbons (Fsp3) is 0.350. The summed E-state index contributed by atoms with van der Waals surface area (Å²) in [6.07, 6.45) is -0.387. The molecule has 2 rings (SSSR count). The van der Waals surface area contributed by atoms with Gasteiger partial charge in [0.2, 0.25) is 0 Å². The molecular weight excluding hydrogens is 446 g/mol. The van der Waals surface area contributed by atoms with Crippen molar-refractivity contribution in [3.63, 3.8) is 0 Å². The maximum Gasteiger partial charge on any atom is 0.264 e. The summed E-state index contributed by atoms with van der Waals surface area (Å²) in [6.45, 7) is 0. The smallest absolute Gasteiger partial charge is 0.264 e. The molecule has 170 valence electrons. The first-order valence-electron chi connectivity index (χ1n) is 9.24. The number of sulfone groups is 2. The zero-order valence-electron chi connectivity index (χ0n) is 17.4. The van der Waals surface area contributed by atoms with E-state index in [0.29, 0.717) is 11.5 Å². The Kier molecular flexibility index (Phi) is 8.04. The lowest BCUT2D eigenvalue weighted by Crippen LogP contribution is -2.39. The minimum atomic E-state index is -4.18. The second-order valence-electron chi connectivity index (χ2n) is 6.71. The molecule has 31 heavy (non-hydrogen) atoms. The first-order valence-corrected chi connectivity index (χ1v) is 12.4. The van der Waals surface area contributed by atoms with Crippen molar-refractivity contribution >= 4 is 25.6 Å². The van der Waals surface area contributed by atoms with Gasteiger partial charge in [-0.05, 0) is 61.4 Å². The third-order valence-electron chi connectivity index (χ3n) is 4.65. The van der Waals surface area contributed by atoms with Gasteiger partial charge in [0.1, 0.15) is 16.7 Å². The number of hydrogen-bond donors (Lipinski definition) is 1. The molecule has 0 radical (unpaired) electrons. The maximum absolute atomic E-state index is 13.0. The van der Waals surface area contributed by atoms with E-state index in [1.165, 1.54) is 62.8 Å². The van der Waals surface area contributed by atoms with Crippen molar-refractivity contribution in [2.75, 3.05) is 27.0 Å². The topological polar surface area (TPSA) is 127 Å². The van der Waals surface area contributed by atoms with Crippen molar-refractivity contribution in [3.05, 3.63) is 48.5 Å². The van der Waals surface area contributed by atoms with Crippen molar-refractivity contribution in [2.24, 2.45) is 0 Å². The lowest BCUT2D eigenvalue weighted by molar-refractivity contribution is -0.158. The lowest BCUT2D eigenvalue weighted by atomic mass is 10.2. The van der Waals surface area contributed by atoms with Gasteiger partial charge in [-0.3, -0.25) is 10.0 Å². The second kappa shape index (κ2) is 10.1. The molecule has 2 aromatic rings. The monoisotopic (exact) mass is 471 g/mol. The van der Waals surface area contributed by atoms with Gasteiger partial charge in [0, 0.05) is 7.05 Å². The van der Waals surface area contributed by atoms with Gasteiger partial charge in [0.25, 0.3) is 5.91 Å². The van der Waals surface area contributed by atoms with Crippen molar-refractivity contribution in [1.29, 1.82) is 0 Å². The number of methoxy groups -OCH3 is 2. The molecule has 1 amide bonds. The zero-order chi connectivity index (χ0) is 23.2. The standard InChI is InChI=1S/C20H25NO8S2/c1-21(23)20(22)19(31(26,27)18-12-8-16(29-3)9-13-18)5-4-14-30(24,25)17-10-6-15(28-2)7-11-17/h6-13,19,23H,4-5,14H2,1-3H3. The van der Waals surface area contributed by atoms with Gasteiger partial charge in [-0.1, -0.05) is 0 Å². The van der Waals surface area contributed by atoms with E-state index in [0.717, 1.165) is 7.05 Å². The van der Waals surface area contributed by atoms with Crippen LogP contribution in [0.15, 0.2) is 58.3 Å². The molecule has 0 saturated heterocycles. The summed E-state index contributed by atoms with van der Waals surface area (Å²) in [7, 11) is -3.97. The average Bonchev–Trinajstić information content (AvgIpc) is 2.76. The Balaban J connectivity index is 2.21. The number of ether oxygens (including phenoxy) is 2. The highest BCUT2D eigenvalue weighted by Gasteiger charge is 2.36. The van der Waals surface area contributed by atoms with Crippen LogP contribution >= 0.6 is 0 Å². The molecule has 9 nitrogen and oxygen atoms in total. The van der Waals surface area contributed by atoms with E-state index < -0.39 is 30.8 Å². The Labute approximate surface area is 182 Å². The Hall–Kier alpha value is -2.63. The minimum Gasteiger partial charge on any atom is -0.497 e. The molecule has 0 aliphatic rings. The first kappa shape index (κ1) is 24.6. The SMILES string of the molecule is COc1ccc(S(=O)(=O)CCCC(C(=O)N(C)O)S(=O)(=O)c2ccc(OC)cc2)cc1. The molecule has 0 aliphatic carbocycles. The number of carbonyl (C=O) groups excluding carboxylic acids is 1. The van der Waals surface area contributed by atoms with Gasteiger partial charge in [0.05, 0.1) is 29.8 Å². The summed E-state index contributed by atoms with van der Waals surface area (Å²) < 4.78 is 61.1. The van der Waals surface area contributed by atoms with E-state index in [2.05, 4.69) is 0 Å². The summed E-state index contributed by atoms with van der Waals surface area (Å²) >= 11 is 0. The summed E-state index contributed by atoms with van der Waals surface area (Å²) in [6, 6.07) is 11.3. The summed E-state index contributed by atoms with van der Waals surface area (Å²) in [5.41, 5.74) is 0. The van der Waals surface area contributed by atoms with Crippen LogP contribution in [0.2, 0.25) is 0 Å². The molecule has 1 atom stereocenters.